The number of furan rings is 1. The number of nitrogens with zero attached hydrogens (tertiary/aromatic N) is 2. The van der Waals surface area contributed by atoms with Crippen molar-refractivity contribution in [3.63, 3.8) is 0 Å². The lowest BCUT2D eigenvalue weighted by Gasteiger charge is -2.21. The SMILES string of the molecule is C1=c2c(oc3cccc(C4CC(c5ccccc5)=c5ccccc5=N4)c23)=C(n2c3ccccc3c3c(-c4ccccc4)cccc32)CC1. The third kappa shape index (κ3) is 4.10. The molecule has 0 amide bonds. The fourth-order valence-corrected chi connectivity index (χ4v) is 8.19. The van der Waals surface area contributed by atoms with E-state index >= 15 is 0 Å². The Morgan fingerprint density at radius 1 is 0.625 bits per heavy atom. The second kappa shape index (κ2) is 10.8. The van der Waals surface area contributed by atoms with E-state index in [1.54, 1.807) is 0 Å². The average Bonchev–Trinajstić information content (AvgIpc) is 3.71. The Balaban J connectivity index is 1.23. The first-order chi connectivity index (χ1) is 23.8. The summed E-state index contributed by atoms with van der Waals surface area (Å²) in [4.78, 5) is 5.37. The quantitative estimate of drug-likeness (QED) is 0.195. The number of para-hydroxylation sites is 2. The number of fused-ring (bicyclic) bond motifs is 7. The lowest BCUT2D eigenvalue weighted by atomic mass is 9.89. The third-order valence-electron chi connectivity index (χ3n) is 10.2. The first-order valence-electron chi connectivity index (χ1n) is 16.9. The molecule has 2 aromatic heterocycles. The molecule has 1 aliphatic heterocycles. The van der Waals surface area contributed by atoms with Gasteiger partial charge in [0.15, 0.2) is 5.42 Å². The van der Waals surface area contributed by atoms with Crippen LogP contribution in [0.2, 0.25) is 0 Å². The zero-order chi connectivity index (χ0) is 31.6. The van der Waals surface area contributed by atoms with Crippen LogP contribution in [0, 0.1) is 0 Å². The normalized spacial score (nSPS) is 15.7. The molecule has 10 rings (SSSR count). The summed E-state index contributed by atoms with van der Waals surface area (Å²) in [6.45, 7) is 0. The lowest BCUT2D eigenvalue weighted by Crippen LogP contribution is -2.32. The van der Waals surface area contributed by atoms with Crippen LogP contribution in [0.1, 0.15) is 36.4 Å². The molecule has 3 nitrogen and oxygen atoms in total. The highest BCUT2D eigenvalue weighted by molar-refractivity contribution is 6.16. The fourth-order valence-electron chi connectivity index (χ4n) is 8.19. The van der Waals surface area contributed by atoms with E-state index < -0.39 is 0 Å². The molecule has 3 heterocycles. The minimum atomic E-state index is -0.0130. The monoisotopic (exact) mass is 616 g/mol. The molecule has 8 aromatic rings. The first kappa shape index (κ1) is 27.2. The third-order valence-corrected chi connectivity index (χ3v) is 10.2. The Bertz CT molecular complexity index is 2800. The van der Waals surface area contributed by atoms with Gasteiger partial charge in [-0.2, -0.15) is 0 Å². The molecule has 0 radical (unpaired) electrons. The molecule has 6 aromatic carbocycles. The highest BCUT2D eigenvalue weighted by atomic mass is 16.3. The molecule has 1 aliphatic carbocycles. The van der Waals surface area contributed by atoms with E-state index in [9.17, 15) is 0 Å². The summed E-state index contributed by atoms with van der Waals surface area (Å²) in [6.07, 6.45) is 5.07. The van der Waals surface area contributed by atoms with Crippen molar-refractivity contribution in [2.24, 2.45) is 4.99 Å². The minimum Gasteiger partial charge on any atom is -0.454 e. The van der Waals surface area contributed by atoms with E-state index in [4.69, 9.17) is 9.41 Å². The summed E-state index contributed by atoms with van der Waals surface area (Å²) in [5, 5.41) is 7.21. The van der Waals surface area contributed by atoms with Gasteiger partial charge in [-0.25, -0.2) is 0 Å². The predicted octanol–water partition coefficient (Wildman–Crippen LogP) is 8.40. The summed E-state index contributed by atoms with van der Waals surface area (Å²) in [5.41, 5.74) is 11.8. The maximum Gasteiger partial charge on any atom is 0.154 e. The van der Waals surface area contributed by atoms with Gasteiger partial charge in [-0.3, -0.25) is 4.99 Å². The van der Waals surface area contributed by atoms with Gasteiger partial charge in [-0.15, -0.1) is 0 Å². The summed E-state index contributed by atoms with van der Waals surface area (Å²) in [6, 6.07) is 52.1. The van der Waals surface area contributed by atoms with Gasteiger partial charge < -0.3 is 8.98 Å². The molecule has 3 heteroatoms. The van der Waals surface area contributed by atoms with Gasteiger partial charge in [0.2, 0.25) is 0 Å². The molecule has 2 aliphatic rings. The van der Waals surface area contributed by atoms with E-state index in [0.29, 0.717) is 0 Å². The molecule has 1 unspecified atom stereocenters. The van der Waals surface area contributed by atoms with Crippen LogP contribution in [-0.2, 0) is 0 Å². The van der Waals surface area contributed by atoms with Crippen LogP contribution < -0.4 is 21.2 Å². The van der Waals surface area contributed by atoms with Crippen LogP contribution in [0.4, 0.5) is 0 Å². The van der Waals surface area contributed by atoms with Crippen molar-refractivity contribution in [1.29, 1.82) is 0 Å². The van der Waals surface area contributed by atoms with Gasteiger partial charge in [0.05, 0.1) is 28.1 Å². The summed E-state index contributed by atoms with van der Waals surface area (Å²) in [5.74, 6) is 0. The number of benzene rings is 6. The van der Waals surface area contributed by atoms with Crippen LogP contribution in [0.15, 0.2) is 155 Å². The minimum absolute atomic E-state index is 0.0130. The molecule has 48 heavy (non-hydrogen) atoms. The van der Waals surface area contributed by atoms with Crippen LogP contribution in [-0.4, -0.2) is 4.57 Å². The molecule has 0 saturated carbocycles. The van der Waals surface area contributed by atoms with Crippen molar-refractivity contribution < 1.29 is 4.42 Å². The Hall–Kier alpha value is -5.93. The van der Waals surface area contributed by atoms with Crippen LogP contribution >= 0.6 is 0 Å². The number of hydrogen-bond donors (Lipinski definition) is 0. The maximum atomic E-state index is 6.91. The van der Waals surface area contributed by atoms with E-state index in [-0.39, 0.29) is 6.04 Å². The van der Waals surface area contributed by atoms with Crippen molar-refractivity contribution in [3.05, 3.63) is 178 Å². The van der Waals surface area contributed by atoms with E-state index in [2.05, 4.69) is 156 Å². The summed E-state index contributed by atoms with van der Waals surface area (Å²) < 4.78 is 9.38. The van der Waals surface area contributed by atoms with Gasteiger partial charge in [0.1, 0.15) is 5.58 Å². The van der Waals surface area contributed by atoms with E-state index in [1.807, 2.05) is 0 Å². The Morgan fingerprint density at radius 3 is 2.23 bits per heavy atom. The Kier molecular flexibility index (Phi) is 6.13. The van der Waals surface area contributed by atoms with Crippen molar-refractivity contribution in [2.75, 3.05) is 0 Å². The van der Waals surface area contributed by atoms with Crippen LogP contribution in [0.3, 0.4) is 0 Å². The maximum absolute atomic E-state index is 6.91. The largest absolute Gasteiger partial charge is 0.454 e. The molecule has 1 atom stereocenters. The Labute approximate surface area is 277 Å². The highest BCUT2D eigenvalue weighted by Gasteiger charge is 2.25. The van der Waals surface area contributed by atoms with Gasteiger partial charge in [0.25, 0.3) is 0 Å². The zero-order valence-electron chi connectivity index (χ0n) is 26.4. The van der Waals surface area contributed by atoms with E-state index in [0.717, 1.165) is 35.6 Å². The lowest BCUT2D eigenvalue weighted by molar-refractivity contribution is 0.563. The number of rotatable bonds is 4. The Morgan fingerprint density at radius 2 is 1.35 bits per heavy atom. The smallest absolute Gasteiger partial charge is 0.154 e. The predicted molar refractivity (Wildman–Crippen MR) is 196 cm³/mol. The van der Waals surface area contributed by atoms with E-state index in [1.165, 1.54) is 71.2 Å². The van der Waals surface area contributed by atoms with Crippen molar-refractivity contribution in [2.45, 2.75) is 25.3 Å². The first-order valence-corrected chi connectivity index (χ1v) is 16.9. The average molecular weight is 617 g/mol. The molecular weight excluding hydrogens is 585 g/mol. The van der Waals surface area contributed by atoms with Crippen molar-refractivity contribution in [3.8, 4) is 11.1 Å². The summed E-state index contributed by atoms with van der Waals surface area (Å²) in [7, 11) is 0. The molecule has 0 N–H and O–H groups in total. The second-order valence-corrected chi connectivity index (χ2v) is 12.9. The number of hydrogen-bond acceptors (Lipinski definition) is 2. The van der Waals surface area contributed by atoms with Gasteiger partial charge >= 0.3 is 0 Å². The highest BCUT2D eigenvalue weighted by Crippen LogP contribution is 2.39. The zero-order valence-corrected chi connectivity index (χ0v) is 26.4. The van der Waals surface area contributed by atoms with Gasteiger partial charge in [-0.1, -0.05) is 127 Å². The van der Waals surface area contributed by atoms with Crippen LogP contribution in [0.5, 0.6) is 0 Å². The standard InChI is InChI=1S/C45H32N2O/c1-3-14-29(15-4-1)31-20-11-25-40-43(31)34-19-8-10-24-39(34)47(40)41-26-12-22-35-44-33(21-13-27-42(44)48-45(35)41)38-28-36(30-16-5-2-6-17-30)32-18-7-9-23-37(32)46-38/h1-11,13-25,27,38H,12,26,28H2. The van der Waals surface area contributed by atoms with Crippen molar-refractivity contribution >= 4 is 50.1 Å². The molecular formula is C45H32N2O. The van der Waals surface area contributed by atoms with Gasteiger partial charge in [0, 0.05) is 33.0 Å². The fraction of sp³-hybridized carbons (Fsp3) is 0.0889. The second-order valence-electron chi connectivity index (χ2n) is 12.9. The summed E-state index contributed by atoms with van der Waals surface area (Å²) >= 11 is 0. The molecule has 0 spiro atoms. The van der Waals surface area contributed by atoms with Crippen LogP contribution in [0.25, 0.3) is 61.2 Å². The molecule has 0 fully saturated rings. The van der Waals surface area contributed by atoms with Gasteiger partial charge in [-0.05, 0) is 64.9 Å². The topological polar surface area (TPSA) is 30.4 Å². The molecule has 228 valence electrons. The number of aromatic nitrogens is 1. The van der Waals surface area contributed by atoms with Crippen molar-refractivity contribution in [1.82, 2.24) is 4.57 Å². The molecule has 0 bridgehead atoms. The molecule has 0 saturated heterocycles.